The molecule has 1 atom stereocenters. The lowest BCUT2D eigenvalue weighted by Gasteiger charge is -2.26. The summed E-state index contributed by atoms with van der Waals surface area (Å²) in [5, 5.41) is 10.0. The second-order valence-electron chi connectivity index (χ2n) is 4.68. The average Bonchev–Trinajstić information content (AvgIpc) is 2.29. The first-order chi connectivity index (χ1) is 7.63. The van der Waals surface area contributed by atoms with Gasteiger partial charge >= 0.3 is 5.97 Å². The molecule has 16 heavy (non-hydrogen) atoms. The van der Waals surface area contributed by atoms with Gasteiger partial charge in [0.05, 0.1) is 13.2 Å². The molecule has 0 radical (unpaired) electrons. The number of aliphatic hydroxyl groups excluding tert-OH is 1. The smallest absolute Gasteiger partial charge is 0.330 e. The van der Waals surface area contributed by atoms with Crippen LogP contribution in [-0.2, 0) is 9.53 Å². The minimum atomic E-state index is -0.339. The number of esters is 1. The van der Waals surface area contributed by atoms with E-state index in [0.29, 0.717) is 12.3 Å². The van der Waals surface area contributed by atoms with Crippen molar-refractivity contribution in [1.29, 1.82) is 0 Å². The zero-order valence-corrected chi connectivity index (χ0v) is 10.2. The highest BCUT2D eigenvalue weighted by Gasteiger charge is 2.21. The molecule has 3 heteroatoms. The molecule has 92 valence electrons. The molecular formula is C13H22O3. The van der Waals surface area contributed by atoms with Crippen molar-refractivity contribution in [1.82, 2.24) is 0 Å². The van der Waals surface area contributed by atoms with Crippen LogP contribution in [0, 0.1) is 5.92 Å². The molecule has 0 aromatic heterocycles. The van der Waals surface area contributed by atoms with E-state index in [1.165, 1.54) is 32.4 Å². The van der Waals surface area contributed by atoms with Crippen molar-refractivity contribution in [3.05, 3.63) is 11.6 Å². The second-order valence-corrected chi connectivity index (χ2v) is 4.68. The van der Waals surface area contributed by atoms with E-state index in [2.05, 4.69) is 4.74 Å². The molecular weight excluding hydrogens is 204 g/mol. The lowest BCUT2D eigenvalue weighted by atomic mass is 9.83. The molecule has 1 N–H and O–H groups in total. The molecule has 0 amide bonds. The molecule has 3 nitrogen and oxygen atoms in total. The zero-order valence-electron chi connectivity index (χ0n) is 10.2. The van der Waals surface area contributed by atoms with E-state index in [-0.39, 0.29) is 12.1 Å². The Hall–Kier alpha value is -0.830. The summed E-state index contributed by atoms with van der Waals surface area (Å²) in [6.45, 7) is 1.86. The molecule has 0 aromatic rings. The van der Waals surface area contributed by atoms with Gasteiger partial charge in [0.15, 0.2) is 0 Å². The van der Waals surface area contributed by atoms with Crippen LogP contribution in [0.15, 0.2) is 11.6 Å². The predicted octanol–water partition coefficient (Wildman–Crippen LogP) is 2.44. The van der Waals surface area contributed by atoms with E-state index in [9.17, 15) is 9.90 Å². The largest absolute Gasteiger partial charge is 0.466 e. The minimum absolute atomic E-state index is 0.304. The fraction of sp³-hybridized carbons (Fsp3) is 0.769. The highest BCUT2D eigenvalue weighted by molar-refractivity contribution is 5.82. The zero-order chi connectivity index (χ0) is 12.0. The van der Waals surface area contributed by atoms with Gasteiger partial charge in [-0.1, -0.05) is 24.8 Å². The third-order valence-electron chi connectivity index (χ3n) is 3.29. The number of aliphatic hydroxyl groups is 1. The Balaban J connectivity index is 2.40. The number of ether oxygens (including phenoxy) is 1. The van der Waals surface area contributed by atoms with Crippen LogP contribution in [0.2, 0.25) is 0 Å². The monoisotopic (exact) mass is 226 g/mol. The van der Waals surface area contributed by atoms with Gasteiger partial charge in [-0.2, -0.15) is 0 Å². The molecule has 0 spiro atoms. The Morgan fingerprint density at radius 2 is 2.06 bits per heavy atom. The van der Waals surface area contributed by atoms with Crippen molar-refractivity contribution >= 4 is 5.97 Å². The summed E-state index contributed by atoms with van der Waals surface area (Å²) in [5.41, 5.74) is 0.893. The summed E-state index contributed by atoms with van der Waals surface area (Å²) in [6.07, 6.45) is 7.72. The summed E-state index contributed by atoms with van der Waals surface area (Å²) in [7, 11) is 1.36. The fourth-order valence-electron chi connectivity index (χ4n) is 2.33. The Kier molecular flexibility index (Phi) is 5.53. The second kappa shape index (κ2) is 6.69. The Morgan fingerprint density at radius 1 is 1.44 bits per heavy atom. The van der Waals surface area contributed by atoms with E-state index in [1.54, 1.807) is 0 Å². The summed E-state index contributed by atoms with van der Waals surface area (Å²) in [6, 6.07) is 0. The number of rotatable bonds is 4. The highest BCUT2D eigenvalue weighted by atomic mass is 16.5. The van der Waals surface area contributed by atoms with E-state index < -0.39 is 0 Å². The van der Waals surface area contributed by atoms with Gasteiger partial charge in [0.2, 0.25) is 0 Å². The van der Waals surface area contributed by atoms with Gasteiger partial charge < -0.3 is 9.84 Å². The predicted molar refractivity (Wildman–Crippen MR) is 63.0 cm³/mol. The third-order valence-corrected chi connectivity index (χ3v) is 3.29. The van der Waals surface area contributed by atoms with E-state index in [4.69, 9.17) is 0 Å². The molecule has 1 aliphatic carbocycles. The van der Waals surface area contributed by atoms with Crippen molar-refractivity contribution < 1.29 is 14.6 Å². The molecule has 0 aromatic carbocycles. The van der Waals surface area contributed by atoms with Gasteiger partial charge in [-0.3, -0.25) is 0 Å². The molecule has 1 fully saturated rings. The lowest BCUT2D eigenvalue weighted by Crippen LogP contribution is -2.23. The number of carbonyl (C=O) groups excluding carboxylic acids is 1. The Bertz CT molecular complexity index is 252. The van der Waals surface area contributed by atoms with Gasteiger partial charge in [0.1, 0.15) is 0 Å². The quantitative estimate of drug-likeness (QED) is 0.591. The number of hydrogen-bond acceptors (Lipinski definition) is 3. The van der Waals surface area contributed by atoms with Crippen LogP contribution in [0.4, 0.5) is 0 Å². The maximum atomic E-state index is 11.0. The van der Waals surface area contributed by atoms with Crippen molar-refractivity contribution in [2.45, 2.75) is 51.6 Å². The van der Waals surface area contributed by atoms with Gasteiger partial charge in [-0.05, 0) is 32.1 Å². The molecule has 1 aliphatic rings. The van der Waals surface area contributed by atoms with Crippen molar-refractivity contribution in [3.8, 4) is 0 Å². The number of methoxy groups -OCH3 is 1. The summed E-state index contributed by atoms with van der Waals surface area (Å²) >= 11 is 0. The maximum Gasteiger partial charge on any atom is 0.330 e. The average molecular weight is 226 g/mol. The van der Waals surface area contributed by atoms with Gasteiger partial charge in [-0.25, -0.2) is 4.79 Å². The van der Waals surface area contributed by atoms with Crippen molar-refractivity contribution in [3.63, 3.8) is 0 Å². The van der Waals surface area contributed by atoms with E-state index >= 15 is 0 Å². The molecule has 0 bridgehead atoms. The minimum Gasteiger partial charge on any atom is -0.466 e. The van der Waals surface area contributed by atoms with Gasteiger partial charge in [0.25, 0.3) is 0 Å². The van der Waals surface area contributed by atoms with Crippen molar-refractivity contribution in [2.75, 3.05) is 7.11 Å². The fourth-order valence-corrected chi connectivity index (χ4v) is 2.33. The van der Waals surface area contributed by atoms with Crippen LogP contribution >= 0.6 is 0 Å². The number of hydrogen-bond donors (Lipinski definition) is 1. The molecule has 1 rings (SSSR count). The maximum absolute atomic E-state index is 11.0. The molecule has 0 heterocycles. The molecule has 0 saturated heterocycles. The van der Waals surface area contributed by atoms with Gasteiger partial charge in [0, 0.05) is 6.08 Å². The van der Waals surface area contributed by atoms with E-state index in [1.807, 2.05) is 6.92 Å². The van der Waals surface area contributed by atoms with Crippen molar-refractivity contribution in [2.24, 2.45) is 5.92 Å². The Labute approximate surface area is 97.5 Å². The summed E-state index contributed by atoms with van der Waals surface area (Å²) in [5.74, 6) is 0.0723. The van der Waals surface area contributed by atoms with Crippen LogP contribution < -0.4 is 0 Å². The third kappa shape index (κ3) is 4.35. The van der Waals surface area contributed by atoms with Crippen LogP contribution in [0.3, 0.4) is 0 Å². The number of carbonyl (C=O) groups is 1. The van der Waals surface area contributed by atoms with Gasteiger partial charge in [-0.15, -0.1) is 0 Å². The van der Waals surface area contributed by atoms with Crippen LogP contribution in [0.25, 0.3) is 0 Å². The van der Waals surface area contributed by atoms with E-state index in [0.717, 1.165) is 18.4 Å². The van der Waals surface area contributed by atoms with Crippen LogP contribution in [-0.4, -0.2) is 24.3 Å². The van der Waals surface area contributed by atoms with Crippen LogP contribution in [0.5, 0.6) is 0 Å². The SMILES string of the molecule is COC(=O)/C=C(/C)CC(O)C1CCCCC1. The van der Waals surface area contributed by atoms with Crippen LogP contribution in [0.1, 0.15) is 45.4 Å². The standard InChI is InChI=1S/C13H22O3/c1-10(9-13(15)16-2)8-12(14)11-6-4-3-5-7-11/h9,11-12,14H,3-8H2,1-2H3/b10-9-. The Morgan fingerprint density at radius 3 is 2.62 bits per heavy atom. The lowest BCUT2D eigenvalue weighted by molar-refractivity contribution is -0.134. The molecule has 1 saturated carbocycles. The first-order valence-corrected chi connectivity index (χ1v) is 6.06. The normalized spacial score (nSPS) is 20.6. The summed E-state index contributed by atoms with van der Waals surface area (Å²) < 4.78 is 4.55. The first-order valence-electron chi connectivity index (χ1n) is 6.06. The topological polar surface area (TPSA) is 46.5 Å². The molecule has 1 unspecified atom stereocenters. The highest BCUT2D eigenvalue weighted by Crippen LogP contribution is 2.28. The summed E-state index contributed by atoms with van der Waals surface area (Å²) in [4.78, 5) is 11.0. The molecule has 0 aliphatic heterocycles. The first kappa shape index (κ1) is 13.2.